The number of nitrogens with one attached hydrogen (secondary N) is 1. The zero-order valence-corrected chi connectivity index (χ0v) is 12.2. The summed E-state index contributed by atoms with van der Waals surface area (Å²) < 4.78 is 0. The van der Waals surface area contributed by atoms with Gasteiger partial charge in [0.2, 0.25) is 0 Å². The number of aromatic amines is 1. The van der Waals surface area contributed by atoms with Crippen molar-refractivity contribution in [3.63, 3.8) is 0 Å². The Labute approximate surface area is 128 Å². The number of hydrogen-bond acceptors (Lipinski definition) is 2. The molecule has 0 amide bonds. The van der Waals surface area contributed by atoms with Gasteiger partial charge in [0.15, 0.2) is 0 Å². The second-order valence-corrected chi connectivity index (χ2v) is 5.43. The maximum Gasteiger partial charge on any atom is 0.123 e. The van der Waals surface area contributed by atoms with E-state index in [0.29, 0.717) is 5.02 Å². The Kier molecular flexibility index (Phi) is 4.04. The number of aromatic nitrogens is 2. The van der Waals surface area contributed by atoms with Crippen LogP contribution in [-0.2, 0) is 6.42 Å². The van der Waals surface area contributed by atoms with E-state index in [0.717, 1.165) is 23.5 Å². The first-order valence-electron chi connectivity index (χ1n) is 6.83. The first-order chi connectivity index (χ1) is 10.2. The van der Waals surface area contributed by atoms with Gasteiger partial charge >= 0.3 is 0 Å². The number of nitrogens with two attached hydrogens (primary N) is 1. The Morgan fingerprint density at radius 2 is 1.90 bits per heavy atom. The molecule has 0 aliphatic carbocycles. The molecule has 2 aromatic carbocycles. The fraction of sp³-hybridized carbons (Fsp3) is 0.118. The molecule has 1 unspecified atom stereocenters. The maximum absolute atomic E-state index is 6.23. The molecular formula is C17H16ClN3. The molecule has 106 valence electrons. The van der Waals surface area contributed by atoms with E-state index in [4.69, 9.17) is 17.3 Å². The van der Waals surface area contributed by atoms with Gasteiger partial charge in [0.25, 0.3) is 0 Å². The minimum absolute atomic E-state index is 0.152. The molecule has 0 fully saturated rings. The lowest BCUT2D eigenvalue weighted by molar-refractivity contribution is 0.678. The van der Waals surface area contributed by atoms with E-state index in [1.54, 1.807) is 6.20 Å². The third-order valence-corrected chi connectivity index (χ3v) is 3.62. The Hall–Kier alpha value is -2.10. The number of rotatable bonds is 4. The Bertz CT molecular complexity index is 722. The average Bonchev–Trinajstić information content (AvgIpc) is 2.98. The second-order valence-electron chi connectivity index (χ2n) is 4.99. The summed E-state index contributed by atoms with van der Waals surface area (Å²) in [6.07, 6.45) is 2.55. The Morgan fingerprint density at radius 3 is 2.67 bits per heavy atom. The largest absolute Gasteiger partial charge is 0.341 e. The zero-order valence-electron chi connectivity index (χ0n) is 11.5. The normalized spacial score (nSPS) is 12.3. The molecule has 3 nitrogen and oxygen atoms in total. The van der Waals surface area contributed by atoms with Crippen LogP contribution in [0.5, 0.6) is 0 Å². The number of hydrogen-bond donors (Lipinski definition) is 2. The van der Waals surface area contributed by atoms with Crippen LogP contribution in [0.3, 0.4) is 0 Å². The van der Waals surface area contributed by atoms with Crippen molar-refractivity contribution in [1.29, 1.82) is 0 Å². The fourth-order valence-electron chi connectivity index (χ4n) is 2.29. The molecule has 3 aromatic rings. The lowest BCUT2D eigenvalue weighted by Gasteiger charge is -2.08. The van der Waals surface area contributed by atoms with E-state index in [1.165, 1.54) is 5.56 Å². The van der Waals surface area contributed by atoms with Crippen molar-refractivity contribution in [2.45, 2.75) is 12.5 Å². The average molecular weight is 298 g/mol. The van der Waals surface area contributed by atoms with Gasteiger partial charge < -0.3 is 10.7 Å². The molecule has 3 rings (SSSR count). The van der Waals surface area contributed by atoms with Gasteiger partial charge in [-0.15, -0.1) is 0 Å². The number of imidazole rings is 1. The van der Waals surface area contributed by atoms with Crippen LogP contribution in [0.2, 0.25) is 5.02 Å². The summed E-state index contributed by atoms with van der Waals surface area (Å²) in [6.45, 7) is 0. The molecule has 1 heterocycles. The minimum atomic E-state index is -0.152. The third kappa shape index (κ3) is 3.32. The minimum Gasteiger partial charge on any atom is -0.341 e. The van der Waals surface area contributed by atoms with E-state index in [2.05, 4.69) is 22.1 Å². The van der Waals surface area contributed by atoms with Crippen molar-refractivity contribution in [3.05, 3.63) is 77.2 Å². The van der Waals surface area contributed by atoms with E-state index >= 15 is 0 Å². The van der Waals surface area contributed by atoms with Gasteiger partial charge in [0.05, 0.1) is 17.9 Å². The standard InChI is InChI=1S/C17H16ClN3/c18-14-8-4-7-13(10-14)16-11-20-17(21-16)15(19)9-12-5-2-1-3-6-12/h1-8,10-11,15H,9,19H2,(H,20,21). The van der Waals surface area contributed by atoms with Crippen molar-refractivity contribution in [1.82, 2.24) is 9.97 Å². The predicted molar refractivity (Wildman–Crippen MR) is 86.1 cm³/mol. The van der Waals surface area contributed by atoms with Gasteiger partial charge in [-0.3, -0.25) is 0 Å². The second kappa shape index (κ2) is 6.12. The van der Waals surface area contributed by atoms with E-state index < -0.39 is 0 Å². The fourth-order valence-corrected chi connectivity index (χ4v) is 2.48. The maximum atomic E-state index is 6.23. The van der Waals surface area contributed by atoms with Crippen LogP contribution in [0.25, 0.3) is 11.3 Å². The van der Waals surface area contributed by atoms with Gasteiger partial charge in [0, 0.05) is 10.6 Å². The zero-order chi connectivity index (χ0) is 14.7. The van der Waals surface area contributed by atoms with Gasteiger partial charge in [-0.2, -0.15) is 0 Å². The molecule has 1 atom stereocenters. The SMILES string of the molecule is NC(Cc1ccccc1)c1ncc(-c2cccc(Cl)c2)[nH]1. The molecule has 0 radical (unpaired) electrons. The molecule has 0 aliphatic rings. The molecule has 0 saturated carbocycles. The van der Waals surface area contributed by atoms with Crippen molar-refractivity contribution in [2.75, 3.05) is 0 Å². The number of halogens is 1. The van der Waals surface area contributed by atoms with Crippen LogP contribution in [0.4, 0.5) is 0 Å². The van der Waals surface area contributed by atoms with Crippen LogP contribution in [0.15, 0.2) is 60.8 Å². The van der Waals surface area contributed by atoms with Gasteiger partial charge in [0.1, 0.15) is 5.82 Å². The smallest absolute Gasteiger partial charge is 0.123 e. The summed E-state index contributed by atoms with van der Waals surface area (Å²) >= 11 is 6.01. The molecule has 0 spiro atoms. The van der Waals surface area contributed by atoms with E-state index in [1.807, 2.05) is 42.5 Å². The molecular weight excluding hydrogens is 282 g/mol. The van der Waals surface area contributed by atoms with Crippen LogP contribution in [0, 0.1) is 0 Å². The Balaban J connectivity index is 1.78. The summed E-state index contributed by atoms with van der Waals surface area (Å²) in [6, 6.07) is 17.7. The lowest BCUT2D eigenvalue weighted by Crippen LogP contribution is -2.14. The van der Waals surface area contributed by atoms with Crippen LogP contribution in [-0.4, -0.2) is 9.97 Å². The van der Waals surface area contributed by atoms with Crippen molar-refractivity contribution >= 4 is 11.6 Å². The van der Waals surface area contributed by atoms with Crippen molar-refractivity contribution < 1.29 is 0 Å². The van der Waals surface area contributed by atoms with Crippen LogP contribution < -0.4 is 5.73 Å². The molecule has 0 bridgehead atoms. The highest BCUT2D eigenvalue weighted by atomic mass is 35.5. The van der Waals surface area contributed by atoms with Crippen molar-refractivity contribution in [3.8, 4) is 11.3 Å². The van der Waals surface area contributed by atoms with Crippen LogP contribution in [0.1, 0.15) is 17.4 Å². The highest BCUT2D eigenvalue weighted by Gasteiger charge is 2.12. The summed E-state index contributed by atoms with van der Waals surface area (Å²) in [5, 5.41) is 0.706. The van der Waals surface area contributed by atoms with Gasteiger partial charge in [-0.1, -0.05) is 54.1 Å². The molecule has 3 N–H and O–H groups in total. The van der Waals surface area contributed by atoms with Gasteiger partial charge in [-0.05, 0) is 24.1 Å². The highest BCUT2D eigenvalue weighted by molar-refractivity contribution is 6.30. The monoisotopic (exact) mass is 297 g/mol. The summed E-state index contributed by atoms with van der Waals surface area (Å²) in [4.78, 5) is 7.68. The molecule has 21 heavy (non-hydrogen) atoms. The highest BCUT2D eigenvalue weighted by Crippen LogP contribution is 2.22. The lowest BCUT2D eigenvalue weighted by atomic mass is 10.1. The third-order valence-electron chi connectivity index (χ3n) is 3.38. The van der Waals surface area contributed by atoms with Gasteiger partial charge in [-0.25, -0.2) is 4.98 Å². The molecule has 4 heteroatoms. The van der Waals surface area contributed by atoms with E-state index in [9.17, 15) is 0 Å². The first kappa shape index (κ1) is 13.9. The molecule has 0 saturated heterocycles. The van der Waals surface area contributed by atoms with Crippen LogP contribution >= 0.6 is 11.6 Å². The summed E-state index contributed by atoms with van der Waals surface area (Å²) in [5.74, 6) is 0.786. The summed E-state index contributed by atoms with van der Waals surface area (Å²) in [5.41, 5.74) is 9.36. The topological polar surface area (TPSA) is 54.7 Å². The summed E-state index contributed by atoms with van der Waals surface area (Å²) in [7, 11) is 0. The number of nitrogens with zero attached hydrogens (tertiary/aromatic N) is 1. The number of benzene rings is 2. The molecule has 0 aliphatic heterocycles. The van der Waals surface area contributed by atoms with E-state index in [-0.39, 0.29) is 6.04 Å². The Morgan fingerprint density at radius 1 is 1.10 bits per heavy atom. The first-order valence-corrected chi connectivity index (χ1v) is 7.20. The number of H-pyrrole nitrogens is 1. The quantitative estimate of drug-likeness (QED) is 0.765. The van der Waals surface area contributed by atoms with Crippen molar-refractivity contribution in [2.24, 2.45) is 5.73 Å². The molecule has 1 aromatic heterocycles. The predicted octanol–water partition coefficient (Wildman–Crippen LogP) is 3.97.